The number of ether oxygens (including phenoxy) is 1. The van der Waals surface area contributed by atoms with Crippen LogP contribution in [0.2, 0.25) is 0 Å². The van der Waals surface area contributed by atoms with Crippen molar-refractivity contribution in [1.29, 1.82) is 0 Å². The van der Waals surface area contributed by atoms with Crippen LogP contribution in [0.3, 0.4) is 0 Å². The second kappa shape index (κ2) is 13.6. The zero-order valence-corrected chi connectivity index (χ0v) is 23.0. The number of amides is 3. The molecule has 3 amide bonds. The van der Waals surface area contributed by atoms with E-state index in [2.05, 4.69) is 16.0 Å². The van der Waals surface area contributed by atoms with Crippen molar-refractivity contribution in [2.45, 2.75) is 36.8 Å². The van der Waals surface area contributed by atoms with Crippen LogP contribution >= 0.6 is 23.1 Å². The topological polar surface area (TPSA) is 151 Å². The van der Waals surface area contributed by atoms with E-state index in [1.54, 1.807) is 62.4 Å². The molecule has 0 fully saturated rings. The monoisotopic (exact) mass is 569 g/mol. The Morgan fingerprint density at radius 2 is 1.64 bits per heavy atom. The minimum atomic E-state index is -1.06. The lowest BCUT2D eigenvalue weighted by atomic mass is 10.1. The van der Waals surface area contributed by atoms with Gasteiger partial charge >= 0.3 is 11.9 Å². The van der Waals surface area contributed by atoms with E-state index in [1.165, 1.54) is 18.9 Å². The van der Waals surface area contributed by atoms with E-state index in [1.807, 2.05) is 6.07 Å². The van der Waals surface area contributed by atoms with Crippen LogP contribution in [0.4, 0.5) is 16.4 Å². The standard InChI is InChI=1S/C27H27N3O7S2/c1-15-22(27(36)37-3)26(39-23(15)25(35)29-17-8-5-4-6-9-17)30-24(34)16(2)38-19-11-7-10-18(14-19)28-20(31)12-13-21(32)33/h4-11,14,16H,12-13H2,1-3H3,(H,28,31)(H,29,35)(H,30,34)(H,32,33). The van der Waals surface area contributed by atoms with E-state index in [-0.39, 0.29) is 28.3 Å². The number of nitrogens with one attached hydrogen (secondary N) is 3. The van der Waals surface area contributed by atoms with Crippen molar-refractivity contribution in [2.24, 2.45) is 0 Å². The molecular formula is C27H27N3O7S2. The molecule has 0 aliphatic carbocycles. The highest BCUT2D eigenvalue weighted by molar-refractivity contribution is 8.00. The van der Waals surface area contributed by atoms with Crippen LogP contribution in [0.25, 0.3) is 0 Å². The lowest BCUT2D eigenvalue weighted by Gasteiger charge is -2.13. The first-order valence-electron chi connectivity index (χ1n) is 11.8. The number of thioether (sulfide) groups is 1. The Morgan fingerprint density at radius 3 is 2.31 bits per heavy atom. The number of carboxylic acids is 1. The predicted octanol–water partition coefficient (Wildman–Crippen LogP) is 5.02. The van der Waals surface area contributed by atoms with Gasteiger partial charge in [0.25, 0.3) is 5.91 Å². The summed E-state index contributed by atoms with van der Waals surface area (Å²) >= 11 is 2.20. The maximum Gasteiger partial charge on any atom is 0.341 e. The molecule has 1 atom stereocenters. The van der Waals surface area contributed by atoms with Crippen molar-refractivity contribution >= 4 is 69.1 Å². The van der Waals surface area contributed by atoms with E-state index in [4.69, 9.17) is 9.84 Å². The summed E-state index contributed by atoms with van der Waals surface area (Å²) < 4.78 is 4.89. The fourth-order valence-corrected chi connectivity index (χ4v) is 5.46. The number of methoxy groups -OCH3 is 1. The van der Waals surface area contributed by atoms with Gasteiger partial charge in [-0.3, -0.25) is 19.2 Å². The van der Waals surface area contributed by atoms with Gasteiger partial charge in [-0.25, -0.2) is 4.79 Å². The highest BCUT2D eigenvalue weighted by Crippen LogP contribution is 2.35. The Labute approximate surface area is 233 Å². The van der Waals surface area contributed by atoms with Crippen molar-refractivity contribution in [3.05, 3.63) is 70.6 Å². The summed E-state index contributed by atoms with van der Waals surface area (Å²) in [4.78, 5) is 62.1. The highest BCUT2D eigenvalue weighted by Gasteiger charge is 2.27. The van der Waals surface area contributed by atoms with Gasteiger partial charge in [0.05, 0.1) is 29.2 Å². The SMILES string of the molecule is COC(=O)c1c(NC(=O)C(C)Sc2cccc(NC(=O)CCC(=O)O)c2)sc(C(=O)Nc2ccccc2)c1C. The normalized spacial score (nSPS) is 11.3. The van der Waals surface area contributed by atoms with Crippen LogP contribution in [-0.4, -0.2) is 47.1 Å². The van der Waals surface area contributed by atoms with Gasteiger partial charge in [0, 0.05) is 22.7 Å². The van der Waals surface area contributed by atoms with Gasteiger partial charge in [0.15, 0.2) is 0 Å². The Hall–Kier alpha value is -4.16. The molecule has 1 unspecified atom stereocenters. The average Bonchev–Trinajstić information content (AvgIpc) is 3.23. The van der Waals surface area contributed by atoms with Crippen molar-refractivity contribution in [3.63, 3.8) is 0 Å². The lowest BCUT2D eigenvalue weighted by molar-refractivity contribution is -0.138. The van der Waals surface area contributed by atoms with Gasteiger partial charge in [-0.2, -0.15) is 0 Å². The molecule has 4 N–H and O–H groups in total. The van der Waals surface area contributed by atoms with E-state index < -0.39 is 34.9 Å². The Bertz CT molecular complexity index is 1390. The van der Waals surface area contributed by atoms with Gasteiger partial charge < -0.3 is 25.8 Å². The fourth-order valence-electron chi connectivity index (χ4n) is 3.44. The van der Waals surface area contributed by atoms with Gasteiger partial charge in [0.2, 0.25) is 11.8 Å². The molecule has 0 spiro atoms. The number of rotatable bonds is 11. The third kappa shape index (κ3) is 8.16. The number of carbonyl (C=O) groups excluding carboxylic acids is 4. The van der Waals surface area contributed by atoms with Crippen LogP contribution in [0.1, 0.15) is 45.4 Å². The highest BCUT2D eigenvalue weighted by atomic mass is 32.2. The average molecular weight is 570 g/mol. The van der Waals surface area contributed by atoms with Crippen LogP contribution < -0.4 is 16.0 Å². The van der Waals surface area contributed by atoms with Crippen molar-refractivity contribution in [3.8, 4) is 0 Å². The van der Waals surface area contributed by atoms with E-state index in [0.717, 1.165) is 11.3 Å². The summed E-state index contributed by atoms with van der Waals surface area (Å²) in [5.74, 6) is -2.99. The van der Waals surface area contributed by atoms with Gasteiger partial charge in [-0.1, -0.05) is 24.3 Å². The molecule has 0 bridgehead atoms. The second-order valence-corrected chi connectivity index (χ2v) is 10.7. The molecule has 2 aromatic carbocycles. The van der Waals surface area contributed by atoms with E-state index in [0.29, 0.717) is 21.8 Å². The van der Waals surface area contributed by atoms with Gasteiger partial charge in [-0.05, 0) is 49.7 Å². The third-order valence-electron chi connectivity index (χ3n) is 5.38. The quantitative estimate of drug-likeness (QED) is 0.186. The van der Waals surface area contributed by atoms with Crippen LogP contribution in [0.15, 0.2) is 59.5 Å². The predicted molar refractivity (Wildman–Crippen MR) is 151 cm³/mol. The summed E-state index contributed by atoms with van der Waals surface area (Å²) in [5, 5.41) is 16.5. The molecule has 10 nitrogen and oxygen atoms in total. The molecular weight excluding hydrogens is 542 g/mol. The number of aliphatic carboxylic acids is 1. The number of esters is 1. The summed E-state index contributed by atoms with van der Waals surface area (Å²) in [6.07, 6.45) is -0.428. The number of carbonyl (C=O) groups is 5. The van der Waals surface area contributed by atoms with Crippen molar-refractivity contribution in [2.75, 3.05) is 23.1 Å². The molecule has 1 heterocycles. The minimum Gasteiger partial charge on any atom is -0.481 e. The minimum absolute atomic E-state index is 0.109. The molecule has 3 aromatic rings. The fraction of sp³-hybridized carbons (Fsp3) is 0.222. The molecule has 204 valence electrons. The lowest BCUT2D eigenvalue weighted by Crippen LogP contribution is -2.23. The number of para-hydroxylation sites is 1. The molecule has 0 radical (unpaired) electrons. The summed E-state index contributed by atoms with van der Waals surface area (Å²) in [5.41, 5.74) is 1.56. The first-order chi connectivity index (χ1) is 18.6. The molecule has 12 heteroatoms. The van der Waals surface area contributed by atoms with E-state index in [9.17, 15) is 24.0 Å². The van der Waals surface area contributed by atoms with Crippen LogP contribution in [0.5, 0.6) is 0 Å². The molecule has 0 aliphatic heterocycles. The smallest absolute Gasteiger partial charge is 0.341 e. The summed E-state index contributed by atoms with van der Waals surface area (Å²) in [6, 6.07) is 15.7. The van der Waals surface area contributed by atoms with Crippen LogP contribution in [0, 0.1) is 6.92 Å². The number of thiophene rings is 1. The second-order valence-electron chi connectivity index (χ2n) is 8.29. The molecule has 0 saturated heterocycles. The zero-order valence-electron chi connectivity index (χ0n) is 21.4. The maximum absolute atomic E-state index is 13.1. The number of hydrogen-bond donors (Lipinski definition) is 4. The molecule has 39 heavy (non-hydrogen) atoms. The number of carboxylic acid groups (broad SMARTS) is 1. The molecule has 1 aromatic heterocycles. The Kier molecular flexibility index (Phi) is 10.2. The Balaban J connectivity index is 1.72. The maximum atomic E-state index is 13.1. The number of hydrogen-bond acceptors (Lipinski definition) is 8. The summed E-state index contributed by atoms with van der Waals surface area (Å²) in [6.45, 7) is 3.30. The number of benzene rings is 2. The first-order valence-corrected chi connectivity index (χ1v) is 13.5. The molecule has 3 rings (SSSR count). The van der Waals surface area contributed by atoms with Gasteiger partial charge in [-0.15, -0.1) is 23.1 Å². The van der Waals surface area contributed by atoms with Crippen LogP contribution in [-0.2, 0) is 19.1 Å². The first kappa shape index (κ1) is 29.4. The van der Waals surface area contributed by atoms with Gasteiger partial charge in [0.1, 0.15) is 5.00 Å². The van der Waals surface area contributed by atoms with Crippen molar-refractivity contribution < 1.29 is 33.8 Å². The third-order valence-corrected chi connectivity index (χ3v) is 7.68. The Morgan fingerprint density at radius 1 is 0.949 bits per heavy atom. The van der Waals surface area contributed by atoms with E-state index >= 15 is 0 Å². The summed E-state index contributed by atoms with van der Waals surface area (Å²) in [7, 11) is 1.22. The largest absolute Gasteiger partial charge is 0.481 e. The zero-order chi connectivity index (χ0) is 28.5. The molecule has 0 saturated carbocycles. The molecule has 0 aliphatic rings. The number of anilines is 3. The van der Waals surface area contributed by atoms with Crippen molar-refractivity contribution in [1.82, 2.24) is 0 Å².